The van der Waals surface area contributed by atoms with Gasteiger partial charge in [0.2, 0.25) is 0 Å². The quantitative estimate of drug-likeness (QED) is 0.885. The third-order valence-corrected chi connectivity index (χ3v) is 4.68. The van der Waals surface area contributed by atoms with Gasteiger partial charge in [-0.15, -0.1) is 0 Å². The van der Waals surface area contributed by atoms with Crippen LogP contribution < -0.4 is 15.4 Å². The average molecular weight is 342 g/mol. The predicted molar refractivity (Wildman–Crippen MR) is 82.6 cm³/mol. The molecule has 1 amide bonds. The summed E-state index contributed by atoms with van der Waals surface area (Å²) in [7, 11) is 0. The highest BCUT2D eigenvalue weighted by atomic mass is 19.4. The number of carbonyl (C=O) groups is 1. The highest BCUT2D eigenvalue weighted by Crippen LogP contribution is 2.36. The van der Waals surface area contributed by atoms with E-state index in [9.17, 15) is 18.0 Å². The summed E-state index contributed by atoms with van der Waals surface area (Å²) in [6.45, 7) is 1.47. The van der Waals surface area contributed by atoms with Crippen molar-refractivity contribution in [3.8, 4) is 5.75 Å². The van der Waals surface area contributed by atoms with E-state index < -0.39 is 17.8 Å². The van der Waals surface area contributed by atoms with Crippen LogP contribution in [0.4, 0.5) is 13.2 Å². The highest BCUT2D eigenvalue weighted by Gasteiger charge is 2.36. The lowest BCUT2D eigenvalue weighted by Gasteiger charge is -2.30. The van der Waals surface area contributed by atoms with Crippen LogP contribution in [0, 0.1) is 0 Å². The molecule has 0 aromatic heterocycles. The lowest BCUT2D eigenvalue weighted by Crippen LogP contribution is -2.50. The molecular weight excluding hydrogens is 321 g/mol. The highest BCUT2D eigenvalue weighted by molar-refractivity contribution is 5.81. The molecule has 3 rings (SSSR count). The van der Waals surface area contributed by atoms with E-state index in [4.69, 9.17) is 4.74 Å². The van der Waals surface area contributed by atoms with Crippen molar-refractivity contribution in [1.82, 2.24) is 10.6 Å². The van der Waals surface area contributed by atoms with E-state index in [-0.39, 0.29) is 17.7 Å². The zero-order valence-electron chi connectivity index (χ0n) is 13.4. The van der Waals surface area contributed by atoms with Gasteiger partial charge in [0.15, 0.2) is 6.10 Å². The molecule has 1 aromatic carbocycles. The van der Waals surface area contributed by atoms with Crippen LogP contribution in [-0.4, -0.2) is 30.1 Å². The van der Waals surface area contributed by atoms with Crippen molar-refractivity contribution in [3.63, 3.8) is 0 Å². The van der Waals surface area contributed by atoms with Crippen molar-refractivity contribution < 1.29 is 22.7 Å². The van der Waals surface area contributed by atoms with Gasteiger partial charge >= 0.3 is 6.18 Å². The number of carbonyl (C=O) groups excluding carboxylic acids is 1. The molecule has 0 saturated carbocycles. The van der Waals surface area contributed by atoms with Gasteiger partial charge < -0.3 is 15.4 Å². The van der Waals surface area contributed by atoms with Crippen LogP contribution >= 0.6 is 0 Å². The molecule has 2 fully saturated rings. The zero-order valence-corrected chi connectivity index (χ0v) is 13.4. The van der Waals surface area contributed by atoms with Crippen molar-refractivity contribution in [2.24, 2.45) is 0 Å². The maximum absolute atomic E-state index is 13.0. The summed E-state index contributed by atoms with van der Waals surface area (Å²) >= 11 is 0. The fourth-order valence-electron chi connectivity index (χ4n) is 3.54. The minimum atomic E-state index is -4.51. The average Bonchev–Trinajstić information content (AvgIpc) is 2.85. The number of halogens is 3. The van der Waals surface area contributed by atoms with Crippen molar-refractivity contribution in [1.29, 1.82) is 0 Å². The molecule has 2 heterocycles. The standard InChI is InChI=1S/C17H21F3N2O2/c1-10(24-15-5-3-2-4-14(15)17(18,19)20)16(23)22-13-8-11-6-7-12(9-13)21-11/h2-5,10-13,21H,6-9H2,1H3,(H,22,23). The number of fused-ring (bicyclic) bond motifs is 2. The summed E-state index contributed by atoms with van der Waals surface area (Å²) in [6.07, 6.45) is -1.56. The first-order valence-corrected chi connectivity index (χ1v) is 8.22. The van der Waals surface area contributed by atoms with E-state index in [1.165, 1.54) is 25.1 Å². The Morgan fingerprint density at radius 3 is 2.50 bits per heavy atom. The van der Waals surface area contributed by atoms with Crippen LogP contribution in [0.5, 0.6) is 5.75 Å². The molecule has 2 N–H and O–H groups in total. The number of alkyl halides is 3. The van der Waals surface area contributed by atoms with E-state index in [1.807, 2.05) is 0 Å². The number of hydrogen-bond donors (Lipinski definition) is 2. The maximum atomic E-state index is 13.0. The minimum Gasteiger partial charge on any atom is -0.480 e. The monoisotopic (exact) mass is 342 g/mol. The Morgan fingerprint density at radius 1 is 1.25 bits per heavy atom. The van der Waals surface area contributed by atoms with E-state index in [0.29, 0.717) is 12.1 Å². The zero-order chi connectivity index (χ0) is 17.3. The molecule has 0 aliphatic carbocycles. The van der Waals surface area contributed by atoms with Crippen molar-refractivity contribution in [3.05, 3.63) is 29.8 Å². The molecule has 132 valence electrons. The van der Waals surface area contributed by atoms with E-state index in [2.05, 4.69) is 10.6 Å². The Hall–Kier alpha value is -1.76. The summed E-state index contributed by atoms with van der Waals surface area (Å²) in [5.41, 5.74) is -0.871. The van der Waals surface area contributed by atoms with Gasteiger partial charge in [-0.25, -0.2) is 0 Å². The second-order valence-electron chi connectivity index (χ2n) is 6.57. The van der Waals surface area contributed by atoms with Gasteiger partial charge in [-0.05, 0) is 44.7 Å². The molecular formula is C17H21F3N2O2. The lowest BCUT2D eigenvalue weighted by molar-refractivity contribution is -0.140. The summed E-state index contributed by atoms with van der Waals surface area (Å²) in [5.74, 6) is -0.698. The van der Waals surface area contributed by atoms with Gasteiger partial charge in [0.05, 0.1) is 5.56 Å². The summed E-state index contributed by atoms with van der Waals surface area (Å²) < 4.78 is 44.2. The third kappa shape index (κ3) is 3.83. The molecule has 1 aromatic rings. The first kappa shape index (κ1) is 17.1. The van der Waals surface area contributed by atoms with Crippen molar-refractivity contribution in [2.45, 2.75) is 63.0 Å². The first-order chi connectivity index (χ1) is 11.3. The Labute approximate surface area is 138 Å². The number of hydrogen-bond acceptors (Lipinski definition) is 3. The first-order valence-electron chi connectivity index (χ1n) is 8.22. The van der Waals surface area contributed by atoms with E-state index in [0.717, 1.165) is 31.7 Å². The number of piperidine rings is 1. The molecule has 0 radical (unpaired) electrons. The molecule has 2 bridgehead atoms. The van der Waals surface area contributed by atoms with Crippen LogP contribution in [0.1, 0.15) is 38.2 Å². The molecule has 4 nitrogen and oxygen atoms in total. The smallest absolute Gasteiger partial charge is 0.419 e. The van der Waals surface area contributed by atoms with Crippen LogP contribution in [-0.2, 0) is 11.0 Å². The number of rotatable bonds is 4. The van der Waals surface area contributed by atoms with Gasteiger partial charge in [-0.1, -0.05) is 12.1 Å². The SMILES string of the molecule is CC(Oc1ccccc1C(F)(F)F)C(=O)NC1CC2CCC(C1)N2. The largest absolute Gasteiger partial charge is 0.480 e. The number of amides is 1. The second kappa shape index (κ2) is 6.63. The fourth-order valence-corrected chi connectivity index (χ4v) is 3.54. The summed E-state index contributed by atoms with van der Waals surface area (Å²) in [5, 5.41) is 6.39. The number of ether oxygens (including phenoxy) is 1. The molecule has 24 heavy (non-hydrogen) atoms. The normalized spacial score (nSPS) is 27.6. The van der Waals surface area contributed by atoms with Gasteiger partial charge in [-0.2, -0.15) is 13.2 Å². The van der Waals surface area contributed by atoms with Crippen LogP contribution in [0.2, 0.25) is 0 Å². The lowest BCUT2D eigenvalue weighted by atomic mass is 9.99. The van der Waals surface area contributed by atoms with Gasteiger partial charge in [0, 0.05) is 18.1 Å². The van der Waals surface area contributed by atoms with Gasteiger partial charge in [0.1, 0.15) is 5.75 Å². The van der Waals surface area contributed by atoms with E-state index >= 15 is 0 Å². The molecule has 7 heteroatoms. The van der Waals surface area contributed by atoms with Crippen molar-refractivity contribution in [2.75, 3.05) is 0 Å². The van der Waals surface area contributed by atoms with E-state index in [1.54, 1.807) is 0 Å². The second-order valence-corrected chi connectivity index (χ2v) is 6.57. The van der Waals surface area contributed by atoms with Crippen LogP contribution in [0.15, 0.2) is 24.3 Å². The Balaban J connectivity index is 1.61. The van der Waals surface area contributed by atoms with Crippen molar-refractivity contribution >= 4 is 5.91 Å². The topological polar surface area (TPSA) is 50.4 Å². The maximum Gasteiger partial charge on any atom is 0.419 e. The Bertz CT molecular complexity index is 594. The number of para-hydroxylation sites is 1. The third-order valence-electron chi connectivity index (χ3n) is 4.68. The molecule has 3 atom stereocenters. The Morgan fingerprint density at radius 2 is 1.88 bits per heavy atom. The van der Waals surface area contributed by atoms with Crippen LogP contribution in [0.25, 0.3) is 0 Å². The van der Waals surface area contributed by atoms with Gasteiger partial charge in [0.25, 0.3) is 5.91 Å². The molecule has 2 aliphatic rings. The molecule has 3 unspecified atom stereocenters. The Kier molecular flexibility index (Phi) is 4.71. The predicted octanol–water partition coefficient (Wildman–Crippen LogP) is 2.87. The molecule has 2 aliphatic heterocycles. The van der Waals surface area contributed by atoms with Crippen LogP contribution in [0.3, 0.4) is 0 Å². The molecule has 0 spiro atoms. The summed E-state index contributed by atoms with van der Waals surface area (Å²) in [4.78, 5) is 12.3. The minimum absolute atomic E-state index is 0.0557. The summed E-state index contributed by atoms with van der Waals surface area (Å²) in [6, 6.07) is 5.85. The fraction of sp³-hybridized carbons (Fsp3) is 0.588. The molecule has 2 saturated heterocycles. The number of benzene rings is 1. The number of nitrogens with one attached hydrogen (secondary N) is 2. The van der Waals surface area contributed by atoms with Gasteiger partial charge in [-0.3, -0.25) is 4.79 Å².